The van der Waals surface area contributed by atoms with Gasteiger partial charge in [-0.05, 0) is 24.7 Å². The molecule has 1 aromatic rings. The van der Waals surface area contributed by atoms with Gasteiger partial charge in [0.05, 0.1) is 12.3 Å². The molecule has 0 fully saturated rings. The molecule has 0 saturated carbocycles. The Morgan fingerprint density at radius 1 is 1.45 bits per heavy atom. The summed E-state index contributed by atoms with van der Waals surface area (Å²) in [7, 11) is 1.66. The number of carbonyl (C=O) groups is 1. The number of carbonyl (C=O) groups excluding carboxylic acids is 1. The highest BCUT2D eigenvalue weighted by Gasteiger charge is 2.11. The number of likely N-dealkylation sites (N-methyl/N-ethyl adjacent to an activating group) is 1. The molecule has 1 unspecified atom stereocenters. The molecule has 2 amide bonds. The summed E-state index contributed by atoms with van der Waals surface area (Å²) in [5.41, 5.74) is 8.38. The highest BCUT2D eigenvalue weighted by Crippen LogP contribution is 2.10. The molecule has 0 saturated heterocycles. The lowest BCUT2D eigenvalue weighted by Crippen LogP contribution is -2.41. The maximum absolute atomic E-state index is 10.5. The van der Waals surface area contributed by atoms with E-state index in [9.17, 15) is 9.90 Å². The van der Waals surface area contributed by atoms with E-state index in [1.165, 1.54) is 4.90 Å². The van der Waals surface area contributed by atoms with E-state index in [1.54, 1.807) is 31.3 Å². The zero-order chi connectivity index (χ0) is 15.0. The van der Waals surface area contributed by atoms with Crippen molar-refractivity contribution in [3.8, 4) is 0 Å². The van der Waals surface area contributed by atoms with Crippen LogP contribution in [-0.2, 0) is 11.3 Å². The van der Waals surface area contributed by atoms with Gasteiger partial charge in [-0.2, -0.15) is 0 Å². The lowest BCUT2D eigenvalue weighted by atomic mass is 10.2. The number of nitrogens with two attached hydrogens (primary N) is 1. The molecule has 0 radical (unpaired) electrons. The molecule has 0 spiro atoms. The number of amides is 2. The number of aliphatic hydroxyl groups excluding tert-OH is 1. The minimum Gasteiger partial charge on any atom is -0.356 e. The van der Waals surface area contributed by atoms with Gasteiger partial charge >= 0.3 is 6.03 Å². The first-order chi connectivity index (χ1) is 9.52. The lowest BCUT2D eigenvalue weighted by Gasteiger charge is -2.23. The van der Waals surface area contributed by atoms with Gasteiger partial charge in [-0.1, -0.05) is 12.1 Å². The Bertz CT molecular complexity index is 412. The van der Waals surface area contributed by atoms with E-state index >= 15 is 0 Å². The predicted octanol–water partition coefficient (Wildman–Crippen LogP) is -0.120. The number of aliphatic hydroxyl groups is 1. The third-order valence-electron chi connectivity index (χ3n) is 2.62. The van der Waals surface area contributed by atoms with Gasteiger partial charge in [0.15, 0.2) is 0 Å². The normalized spacial score (nSPS) is 12.2. The largest absolute Gasteiger partial charge is 0.356 e. The first kappa shape index (κ1) is 16.2. The number of hydrogen-bond donors (Lipinski definition) is 5. The number of primary amides is 1. The quantitative estimate of drug-likeness (QED) is 0.335. The van der Waals surface area contributed by atoms with Gasteiger partial charge in [0, 0.05) is 13.1 Å². The molecule has 1 rings (SSSR count). The SMILES string of the molecule is CN(CCNC(N)=O)C(O)OCc1ccc(NO)cc1. The topological polar surface area (TPSA) is 120 Å². The Balaban J connectivity index is 2.30. The molecule has 0 heterocycles. The third kappa shape index (κ3) is 5.85. The summed E-state index contributed by atoms with van der Waals surface area (Å²) in [6.07, 6.45) is -1.08. The first-order valence-electron chi connectivity index (χ1n) is 6.05. The van der Waals surface area contributed by atoms with Gasteiger partial charge in [-0.15, -0.1) is 0 Å². The van der Waals surface area contributed by atoms with E-state index in [2.05, 4.69) is 5.32 Å². The average Bonchev–Trinajstić information content (AvgIpc) is 2.44. The molecule has 112 valence electrons. The molecule has 0 aromatic heterocycles. The van der Waals surface area contributed by atoms with Gasteiger partial charge in [0.2, 0.25) is 6.41 Å². The number of ether oxygens (including phenoxy) is 1. The van der Waals surface area contributed by atoms with Crippen LogP contribution in [0.25, 0.3) is 0 Å². The van der Waals surface area contributed by atoms with Crippen LogP contribution in [0.2, 0.25) is 0 Å². The van der Waals surface area contributed by atoms with Crippen LogP contribution in [0.15, 0.2) is 24.3 Å². The standard InChI is InChI=1S/C12H20N4O4/c1-16(7-6-14-11(13)17)12(18)20-8-9-2-4-10(15-19)5-3-9/h2-5,12,15,18-19H,6-8H2,1H3,(H3,13,14,17). The van der Waals surface area contributed by atoms with E-state index in [4.69, 9.17) is 15.7 Å². The summed E-state index contributed by atoms with van der Waals surface area (Å²) >= 11 is 0. The lowest BCUT2D eigenvalue weighted by molar-refractivity contribution is -0.191. The molecular weight excluding hydrogens is 264 g/mol. The zero-order valence-corrected chi connectivity index (χ0v) is 11.2. The van der Waals surface area contributed by atoms with Crippen molar-refractivity contribution in [1.29, 1.82) is 0 Å². The number of anilines is 1. The van der Waals surface area contributed by atoms with E-state index in [0.717, 1.165) is 5.56 Å². The second-order valence-corrected chi connectivity index (χ2v) is 4.22. The molecule has 0 aliphatic carbocycles. The molecule has 0 aliphatic heterocycles. The molecule has 6 N–H and O–H groups in total. The summed E-state index contributed by atoms with van der Waals surface area (Å²) < 4.78 is 5.28. The molecule has 1 aromatic carbocycles. The maximum Gasteiger partial charge on any atom is 0.312 e. The Hall–Kier alpha value is -1.87. The second-order valence-electron chi connectivity index (χ2n) is 4.22. The summed E-state index contributed by atoms with van der Waals surface area (Å²) in [5, 5.41) is 20.8. The van der Waals surface area contributed by atoms with Crippen LogP contribution in [0.4, 0.5) is 10.5 Å². The Labute approximate surface area is 117 Å². The fourth-order valence-corrected chi connectivity index (χ4v) is 1.44. The monoisotopic (exact) mass is 284 g/mol. The molecule has 1 atom stereocenters. The van der Waals surface area contributed by atoms with Crippen LogP contribution in [-0.4, -0.2) is 47.8 Å². The van der Waals surface area contributed by atoms with Crippen molar-refractivity contribution < 1.29 is 19.8 Å². The van der Waals surface area contributed by atoms with E-state index in [-0.39, 0.29) is 6.61 Å². The van der Waals surface area contributed by atoms with Crippen LogP contribution >= 0.6 is 0 Å². The minimum atomic E-state index is -1.08. The van der Waals surface area contributed by atoms with Crippen molar-refractivity contribution in [3.05, 3.63) is 29.8 Å². The smallest absolute Gasteiger partial charge is 0.312 e. The van der Waals surface area contributed by atoms with E-state index < -0.39 is 12.4 Å². The Morgan fingerprint density at radius 3 is 2.65 bits per heavy atom. The summed E-state index contributed by atoms with van der Waals surface area (Å²) in [6.45, 7) is 0.945. The molecular formula is C12H20N4O4. The van der Waals surface area contributed by atoms with Crippen molar-refractivity contribution in [2.75, 3.05) is 25.6 Å². The Kier molecular flexibility index (Phi) is 6.74. The van der Waals surface area contributed by atoms with E-state index in [0.29, 0.717) is 18.8 Å². The Morgan fingerprint density at radius 2 is 2.10 bits per heavy atom. The van der Waals surface area contributed by atoms with Crippen LogP contribution in [0, 0.1) is 0 Å². The van der Waals surface area contributed by atoms with Gasteiger partial charge < -0.3 is 20.9 Å². The molecule has 0 aliphatic rings. The van der Waals surface area contributed by atoms with Gasteiger partial charge in [0.25, 0.3) is 0 Å². The fourth-order valence-electron chi connectivity index (χ4n) is 1.44. The molecule has 20 heavy (non-hydrogen) atoms. The second kappa shape index (κ2) is 8.33. The van der Waals surface area contributed by atoms with Crippen molar-refractivity contribution in [2.24, 2.45) is 5.73 Å². The van der Waals surface area contributed by atoms with Crippen molar-refractivity contribution in [3.63, 3.8) is 0 Å². The number of urea groups is 1. The van der Waals surface area contributed by atoms with Gasteiger partial charge in [0.1, 0.15) is 0 Å². The van der Waals surface area contributed by atoms with Crippen molar-refractivity contribution >= 4 is 11.7 Å². The van der Waals surface area contributed by atoms with Crippen LogP contribution in [0.1, 0.15) is 5.56 Å². The fraction of sp³-hybridized carbons (Fsp3) is 0.417. The first-order valence-corrected chi connectivity index (χ1v) is 6.05. The number of nitrogens with zero attached hydrogens (tertiary/aromatic N) is 1. The van der Waals surface area contributed by atoms with Crippen molar-refractivity contribution in [2.45, 2.75) is 13.0 Å². The molecule has 8 nitrogen and oxygen atoms in total. The third-order valence-corrected chi connectivity index (χ3v) is 2.62. The van der Waals surface area contributed by atoms with Crippen LogP contribution < -0.4 is 16.5 Å². The van der Waals surface area contributed by atoms with Crippen LogP contribution in [0.3, 0.4) is 0 Å². The van der Waals surface area contributed by atoms with Crippen molar-refractivity contribution in [1.82, 2.24) is 10.2 Å². The minimum absolute atomic E-state index is 0.223. The van der Waals surface area contributed by atoms with E-state index in [1.807, 2.05) is 5.48 Å². The number of rotatable bonds is 8. The van der Waals surface area contributed by atoms with Gasteiger partial charge in [-0.3, -0.25) is 15.6 Å². The molecule has 0 bridgehead atoms. The summed E-state index contributed by atoms with van der Waals surface area (Å²) in [5.74, 6) is 0. The number of benzene rings is 1. The average molecular weight is 284 g/mol. The zero-order valence-electron chi connectivity index (χ0n) is 11.2. The predicted molar refractivity (Wildman–Crippen MR) is 72.9 cm³/mol. The summed E-state index contributed by atoms with van der Waals surface area (Å²) in [4.78, 5) is 12.0. The number of hydrogen-bond acceptors (Lipinski definition) is 6. The van der Waals surface area contributed by atoms with Crippen LogP contribution in [0.5, 0.6) is 0 Å². The molecule has 8 heteroatoms. The van der Waals surface area contributed by atoms with Gasteiger partial charge in [-0.25, -0.2) is 4.79 Å². The number of nitrogens with one attached hydrogen (secondary N) is 2. The highest BCUT2D eigenvalue weighted by molar-refractivity contribution is 5.71. The summed E-state index contributed by atoms with van der Waals surface area (Å²) in [6, 6.07) is 6.29. The highest BCUT2D eigenvalue weighted by atomic mass is 16.6. The maximum atomic E-state index is 10.5.